The average molecular weight is 501 g/mol. The molecule has 3 aromatic rings. The number of aryl methyl sites for hydroxylation is 1. The Morgan fingerprint density at radius 1 is 1.06 bits per heavy atom. The van der Waals surface area contributed by atoms with Crippen molar-refractivity contribution in [2.45, 2.75) is 25.9 Å². The zero-order valence-corrected chi connectivity index (χ0v) is 18.9. The highest BCUT2D eigenvalue weighted by Crippen LogP contribution is 2.35. The van der Waals surface area contributed by atoms with Gasteiger partial charge in [0, 0.05) is 31.4 Å². The van der Waals surface area contributed by atoms with E-state index in [0.29, 0.717) is 16.7 Å². The van der Waals surface area contributed by atoms with Gasteiger partial charge in [0.05, 0.1) is 6.04 Å². The monoisotopic (exact) mass is 501 g/mol. The molecule has 0 fully saturated rings. The second-order valence-electron chi connectivity index (χ2n) is 8.85. The van der Waals surface area contributed by atoms with Gasteiger partial charge in [-0.05, 0) is 54.3 Å². The van der Waals surface area contributed by atoms with Gasteiger partial charge in [0.15, 0.2) is 23.1 Å². The standard InChI is InChI=1S/C25H19F4N3O4/c1-11-4-16(26)14(17(27)5-11)8-30-24(35)15-9-32-20-10-31(25(36)21(32)23(34)22(15)33)3-2-12-6-18(28)19(29)7-13(12)20/h4-7,9,20,34H,2-3,8,10H2,1H3,(H,30,35). The third kappa shape index (κ3) is 3.71. The van der Waals surface area contributed by atoms with Crippen molar-refractivity contribution in [3.8, 4) is 5.75 Å². The summed E-state index contributed by atoms with van der Waals surface area (Å²) in [5.74, 6) is -6.62. The molecule has 5 rings (SSSR count). The van der Waals surface area contributed by atoms with Crippen LogP contribution >= 0.6 is 0 Å². The van der Waals surface area contributed by atoms with E-state index in [0.717, 1.165) is 30.5 Å². The van der Waals surface area contributed by atoms with Crippen LogP contribution in [0, 0.1) is 30.2 Å². The SMILES string of the molecule is Cc1cc(F)c(CNC(=O)c2cn3c(c(O)c2=O)C(=O)N2CCc4cc(F)c(F)cc4C3C2)c(F)c1. The molecule has 1 unspecified atom stereocenters. The first-order valence-electron chi connectivity index (χ1n) is 11.0. The van der Waals surface area contributed by atoms with Gasteiger partial charge in [-0.15, -0.1) is 0 Å². The number of aromatic hydroxyl groups is 1. The largest absolute Gasteiger partial charge is 0.503 e. The highest BCUT2D eigenvalue weighted by atomic mass is 19.2. The normalized spacial score (nSPS) is 16.3. The second kappa shape index (κ2) is 8.51. The van der Waals surface area contributed by atoms with Crippen molar-refractivity contribution >= 4 is 11.8 Å². The highest BCUT2D eigenvalue weighted by Gasteiger charge is 2.39. The van der Waals surface area contributed by atoms with E-state index in [1.807, 2.05) is 0 Å². The van der Waals surface area contributed by atoms with Crippen LogP contribution in [0.15, 0.2) is 35.3 Å². The first-order valence-corrected chi connectivity index (χ1v) is 11.0. The van der Waals surface area contributed by atoms with Crippen LogP contribution in [-0.2, 0) is 13.0 Å². The molecule has 1 aromatic heterocycles. The molecule has 0 aliphatic carbocycles. The molecule has 0 spiro atoms. The van der Waals surface area contributed by atoms with Gasteiger partial charge in [0.2, 0.25) is 5.43 Å². The number of aromatic nitrogens is 1. The van der Waals surface area contributed by atoms with Crippen molar-refractivity contribution in [1.82, 2.24) is 14.8 Å². The summed E-state index contributed by atoms with van der Waals surface area (Å²) in [5, 5.41) is 12.9. The Hall–Kier alpha value is -4.15. The molecule has 2 N–H and O–H groups in total. The Balaban J connectivity index is 1.57. The summed E-state index contributed by atoms with van der Waals surface area (Å²) in [4.78, 5) is 40.0. The fraction of sp³-hybridized carbons (Fsp3) is 0.240. The molecule has 2 aliphatic heterocycles. The summed E-state index contributed by atoms with van der Waals surface area (Å²) in [6.45, 7) is 1.10. The minimum absolute atomic E-state index is 0.0348. The smallest absolute Gasteiger partial charge is 0.274 e. The quantitative estimate of drug-likeness (QED) is 0.540. The number of hydrogen-bond acceptors (Lipinski definition) is 4. The van der Waals surface area contributed by atoms with Gasteiger partial charge in [-0.25, -0.2) is 17.6 Å². The summed E-state index contributed by atoms with van der Waals surface area (Å²) >= 11 is 0. The minimum atomic E-state index is -1.15. The van der Waals surface area contributed by atoms with Crippen molar-refractivity contribution in [1.29, 1.82) is 0 Å². The average Bonchev–Trinajstić information content (AvgIpc) is 2.97. The van der Waals surface area contributed by atoms with Crippen LogP contribution in [0.5, 0.6) is 5.75 Å². The van der Waals surface area contributed by atoms with Crippen LogP contribution < -0.4 is 10.7 Å². The van der Waals surface area contributed by atoms with E-state index in [9.17, 15) is 37.1 Å². The van der Waals surface area contributed by atoms with Gasteiger partial charge in [0.1, 0.15) is 17.2 Å². The number of carbonyl (C=O) groups is 2. The van der Waals surface area contributed by atoms with Crippen molar-refractivity contribution in [2.24, 2.45) is 0 Å². The van der Waals surface area contributed by atoms with Gasteiger partial charge in [-0.2, -0.15) is 0 Å². The van der Waals surface area contributed by atoms with E-state index in [2.05, 4.69) is 5.32 Å². The lowest BCUT2D eigenvalue weighted by molar-refractivity contribution is 0.0686. The maximum atomic E-state index is 14.2. The van der Waals surface area contributed by atoms with Crippen LogP contribution in [0.2, 0.25) is 0 Å². The van der Waals surface area contributed by atoms with Gasteiger partial charge < -0.3 is 19.9 Å². The molecule has 7 nitrogen and oxygen atoms in total. The molecule has 0 radical (unpaired) electrons. The van der Waals surface area contributed by atoms with Gasteiger partial charge in [0.25, 0.3) is 11.8 Å². The van der Waals surface area contributed by atoms with E-state index in [1.54, 1.807) is 0 Å². The zero-order valence-electron chi connectivity index (χ0n) is 18.9. The van der Waals surface area contributed by atoms with E-state index in [1.165, 1.54) is 16.4 Å². The van der Waals surface area contributed by atoms with Crippen LogP contribution in [0.3, 0.4) is 0 Å². The Morgan fingerprint density at radius 2 is 1.72 bits per heavy atom. The molecule has 36 heavy (non-hydrogen) atoms. The van der Waals surface area contributed by atoms with Crippen molar-refractivity contribution in [3.63, 3.8) is 0 Å². The van der Waals surface area contributed by atoms with E-state index < -0.39 is 70.0 Å². The summed E-state index contributed by atoms with van der Waals surface area (Å²) in [7, 11) is 0. The van der Waals surface area contributed by atoms with Crippen LogP contribution in [-0.4, -0.2) is 39.5 Å². The number of fused-ring (bicyclic) bond motifs is 6. The summed E-state index contributed by atoms with van der Waals surface area (Å²) in [6.07, 6.45) is 1.26. The Bertz CT molecular complexity index is 1500. The molecule has 0 saturated heterocycles. The molecule has 186 valence electrons. The number of rotatable bonds is 3. The first-order chi connectivity index (χ1) is 17.1. The van der Waals surface area contributed by atoms with Gasteiger partial charge in [-0.3, -0.25) is 14.4 Å². The number of carbonyl (C=O) groups excluding carboxylic acids is 2. The molecule has 0 saturated carbocycles. The van der Waals surface area contributed by atoms with E-state index >= 15 is 0 Å². The lowest BCUT2D eigenvalue weighted by Crippen LogP contribution is -2.45. The number of amides is 2. The maximum absolute atomic E-state index is 14.2. The number of halogens is 4. The van der Waals surface area contributed by atoms with Crippen molar-refractivity contribution in [3.05, 3.63) is 97.5 Å². The van der Waals surface area contributed by atoms with E-state index in [4.69, 9.17) is 0 Å². The van der Waals surface area contributed by atoms with Crippen LogP contribution in [0.25, 0.3) is 0 Å². The molecular weight excluding hydrogens is 482 g/mol. The molecule has 3 heterocycles. The van der Waals surface area contributed by atoms with Crippen LogP contribution in [0.1, 0.15) is 49.1 Å². The van der Waals surface area contributed by atoms with Crippen molar-refractivity contribution < 1.29 is 32.3 Å². The fourth-order valence-electron chi connectivity index (χ4n) is 4.76. The zero-order chi connectivity index (χ0) is 25.9. The first kappa shape index (κ1) is 23.6. The topological polar surface area (TPSA) is 91.6 Å². The lowest BCUT2D eigenvalue weighted by Gasteiger charge is -2.35. The molecular formula is C25H19F4N3O4. The molecule has 2 amide bonds. The predicted octanol–water partition coefficient (Wildman–Crippen LogP) is 2.95. The van der Waals surface area contributed by atoms with Gasteiger partial charge in [-0.1, -0.05) is 0 Å². The fourth-order valence-corrected chi connectivity index (χ4v) is 4.76. The Labute approximate surface area is 201 Å². The third-order valence-electron chi connectivity index (χ3n) is 6.58. The number of pyridine rings is 1. The lowest BCUT2D eigenvalue weighted by atomic mass is 9.97. The Kier molecular flexibility index (Phi) is 5.57. The second-order valence-corrected chi connectivity index (χ2v) is 8.85. The number of nitrogens with zero attached hydrogens (tertiary/aromatic N) is 2. The minimum Gasteiger partial charge on any atom is -0.503 e. The van der Waals surface area contributed by atoms with Crippen molar-refractivity contribution in [2.75, 3.05) is 13.1 Å². The third-order valence-corrected chi connectivity index (χ3v) is 6.58. The molecule has 2 aliphatic rings. The number of nitrogens with one attached hydrogen (secondary N) is 1. The van der Waals surface area contributed by atoms with Gasteiger partial charge >= 0.3 is 0 Å². The number of benzene rings is 2. The summed E-state index contributed by atoms with van der Waals surface area (Å²) < 4.78 is 57.5. The maximum Gasteiger partial charge on any atom is 0.274 e. The summed E-state index contributed by atoms with van der Waals surface area (Å²) in [5.41, 5.74) is -1.42. The molecule has 1 atom stereocenters. The predicted molar refractivity (Wildman–Crippen MR) is 119 cm³/mol. The molecule has 2 bridgehead atoms. The molecule has 11 heteroatoms. The summed E-state index contributed by atoms with van der Waals surface area (Å²) in [6, 6.07) is 3.39. The van der Waals surface area contributed by atoms with E-state index in [-0.39, 0.29) is 25.2 Å². The van der Waals surface area contributed by atoms with Crippen LogP contribution in [0.4, 0.5) is 17.6 Å². The Morgan fingerprint density at radius 3 is 2.42 bits per heavy atom. The number of hydrogen-bond donors (Lipinski definition) is 2. The highest BCUT2D eigenvalue weighted by molar-refractivity contribution is 5.99. The molecule has 2 aromatic carbocycles.